The molecule has 0 unspecified atom stereocenters. The monoisotopic (exact) mass is 383 g/mol. The van der Waals surface area contributed by atoms with Crippen molar-refractivity contribution < 1.29 is 9.21 Å². The number of rotatable bonds is 9. The quantitative estimate of drug-likeness (QED) is 0.604. The Balaban J connectivity index is 1.52. The average molecular weight is 384 g/mol. The van der Waals surface area contributed by atoms with Crippen LogP contribution < -0.4 is 5.32 Å². The van der Waals surface area contributed by atoms with Crippen LogP contribution in [0.3, 0.4) is 0 Å². The second-order valence-electron chi connectivity index (χ2n) is 6.36. The predicted octanol–water partition coefficient (Wildman–Crippen LogP) is 4.10. The Hall–Kier alpha value is -2.44. The lowest BCUT2D eigenvalue weighted by molar-refractivity contribution is -0.120. The molecule has 142 valence electrons. The second-order valence-corrected chi connectivity index (χ2v) is 7.21. The third-order valence-corrected chi connectivity index (χ3v) is 5.31. The van der Waals surface area contributed by atoms with Crippen molar-refractivity contribution in [3.63, 3.8) is 0 Å². The first-order valence-electron chi connectivity index (χ1n) is 9.23. The molecule has 2 aromatic heterocycles. The van der Waals surface area contributed by atoms with Crippen LogP contribution in [0.15, 0.2) is 52.5 Å². The number of thiazole rings is 1. The van der Waals surface area contributed by atoms with Gasteiger partial charge in [0.15, 0.2) is 10.8 Å². The highest BCUT2D eigenvalue weighted by Gasteiger charge is 2.10. The van der Waals surface area contributed by atoms with Crippen molar-refractivity contribution in [3.8, 4) is 10.8 Å². The van der Waals surface area contributed by atoms with Gasteiger partial charge in [-0.3, -0.25) is 9.69 Å². The van der Waals surface area contributed by atoms with Crippen LogP contribution in [-0.4, -0.2) is 28.9 Å². The zero-order chi connectivity index (χ0) is 19.1. The van der Waals surface area contributed by atoms with Gasteiger partial charge in [0.1, 0.15) is 0 Å². The van der Waals surface area contributed by atoms with Gasteiger partial charge >= 0.3 is 0 Å². The minimum Gasteiger partial charge on any atom is -0.462 e. The number of furan rings is 1. The first kappa shape index (κ1) is 19.3. The van der Waals surface area contributed by atoms with Gasteiger partial charge in [-0.25, -0.2) is 4.98 Å². The molecule has 5 nitrogen and oxygen atoms in total. The number of hydrogen-bond donors (Lipinski definition) is 1. The lowest BCUT2D eigenvalue weighted by Crippen LogP contribution is -2.25. The highest BCUT2D eigenvalue weighted by atomic mass is 32.1. The van der Waals surface area contributed by atoms with E-state index in [1.165, 1.54) is 16.9 Å². The number of nitrogens with one attached hydrogen (secondary N) is 1. The highest BCUT2D eigenvalue weighted by Crippen LogP contribution is 2.24. The van der Waals surface area contributed by atoms with Crippen LogP contribution in [0.25, 0.3) is 10.8 Å². The maximum atomic E-state index is 12.3. The topological polar surface area (TPSA) is 58.4 Å². The number of amides is 1. The first-order valence-corrected chi connectivity index (χ1v) is 10.1. The molecule has 3 aromatic rings. The molecular weight excluding hydrogens is 358 g/mol. The maximum Gasteiger partial charge on any atom is 0.226 e. The summed E-state index contributed by atoms with van der Waals surface area (Å²) in [4.78, 5) is 19.1. The zero-order valence-electron chi connectivity index (χ0n) is 15.8. The molecule has 0 radical (unpaired) electrons. The van der Waals surface area contributed by atoms with E-state index in [0.29, 0.717) is 6.54 Å². The van der Waals surface area contributed by atoms with E-state index < -0.39 is 0 Å². The Labute approximate surface area is 164 Å². The molecule has 0 aliphatic rings. The van der Waals surface area contributed by atoms with Gasteiger partial charge < -0.3 is 9.73 Å². The molecule has 0 aliphatic heterocycles. The van der Waals surface area contributed by atoms with E-state index in [1.54, 1.807) is 6.26 Å². The van der Waals surface area contributed by atoms with Crippen LogP contribution in [-0.2, 0) is 24.3 Å². The Morgan fingerprint density at radius 1 is 1.19 bits per heavy atom. The molecule has 0 fully saturated rings. The normalized spacial score (nSPS) is 11.1. The standard InChI is InChI=1S/C21H25N3O2S/c1-3-24(4-2)14-17-8-5-7-16(11-17)13-22-20(25)12-18-15-27-21(23-18)19-9-6-10-26-19/h5-11,15H,3-4,12-14H2,1-2H3,(H,22,25). The fourth-order valence-corrected chi connectivity index (χ4v) is 3.66. The van der Waals surface area contributed by atoms with Gasteiger partial charge in [0.25, 0.3) is 0 Å². The van der Waals surface area contributed by atoms with Crippen LogP contribution in [0.1, 0.15) is 30.7 Å². The fourth-order valence-electron chi connectivity index (χ4n) is 2.87. The van der Waals surface area contributed by atoms with E-state index in [0.717, 1.165) is 41.7 Å². The van der Waals surface area contributed by atoms with Gasteiger partial charge in [0, 0.05) is 18.5 Å². The molecule has 27 heavy (non-hydrogen) atoms. The molecule has 0 saturated carbocycles. The number of hydrogen-bond acceptors (Lipinski definition) is 5. The lowest BCUT2D eigenvalue weighted by atomic mass is 10.1. The van der Waals surface area contributed by atoms with Crippen molar-refractivity contribution in [1.82, 2.24) is 15.2 Å². The predicted molar refractivity (Wildman–Crippen MR) is 108 cm³/mol. The summed E-state index contributed by atoms with van der Waals surface area (Å²) in [5, 5.41) is 5.69. The number of carbonyl (C=O) groups excluding carboxylic acids is 1. The number of carbonyl (C=O) groups is 1. The smallest absolute Gasteiger partial charge is 0.226 e. The van der Waals surface area contributed by atoms with Gasteiger partial charge in [-0.1, -0.05) is 38.1 Å². The van der Waals surface area contributed by atoms with Gasteiger partial charge in [0.2, 0.25) is 5.91 Å². The third kappa shape index (κ3) is 5.52. The van der Waals surface area contributed by atoms with Crippen LogP contribution >= 0.6 is 11.3 Å². The van der Waals surface area contributed by atoms with Crippen LogP contribution in [0.4, 0.5) is 0 Å². The Kier molecular flexibility index (Phi) is 6.79. The molecule has 0 spiro atoms. The Morgan fingerprint density at radius 3 is 2.74 bits per heavy atom. The Morgan fingerprint density at radius 2 is 2.00 bits per heavy atom. The second kappa shape index (κ2) is 9.48. The van der Waals surface area contributed by atoms with E-state index in [-0.39, 0.29) is 12.3 Å². The molecule has 0 bridgehead atoms. The summed E-state index contributed by atoms with van der Waals surface area (Å²) < 4.78 is 5.34. The third-order valence-electron chi connectivity index (χ3n) is 4.41. The van der Waals surface area contributed by atoms with E-state index in [9.17, 15) is 4.79 Å². The van der Waals surface area contributed by atoms with Gasteiger partial charge in [0.05, 0.1) is 18.4 Å². The van der Waals surface area contributed by atoms with Crippen molar-refractivity contribution in [1.29, 1.82) is 0 Å². The Bertz CT molecular complexity index is 854. The van der Waals surface area contributed by atoms with Crippen LogP contribution in [0.5, 0.6) is 0 Å². The highest BCUT2D eigenvalue weighted by molar-refractivity contribution is 7.13. The molecule has 0 aliphatic carbocycles. The lowest BCUT2D eigenvalue weighted by Gasteiger charge is -2.18. The largest absolute Gasteiger partial charge is 0.462 e. The fraction of sp³-hybridized carbons (Fsp3) is 0.333. The van der Waals surface area contributed by atoms with E-state index >= 15 is 0 Å². The summed E-state index contributed by atoms with van der Waals surface area (Å²) in [5.74, 6) is 0.706. The zero-order valence-corrected chi connectivity index (χ0v) is 16.6. The van der Waals surface area contributed by atoms with Crippen molar-refractivity contribution in [2.24, 2.45) is 0 Å². The van der Waals surface area contributed by atoms with Gasteiger partial charge in [-0.15, -0.1) is 11.3 Å². The molecule has 1 amide bonds. The van der Waals surface area contributed by atoms with Crippen LogP contribution in [0, 0.1) is 0 Å². The summed E-state index contributed by atoms with van der Waals surface area (Å²) in [5.41, 5.74) is 3.15. The maximum absolute atomic E-state index is 12.3. The number of benzene rings is 1. The number of nitrogens with zero attached hydrogens (tertiary/aromatic N) is 2. The molecule has 0 atom stereocenters. The summed E-state index contributed by atoms with van der Waals surface area (Å²) >= 11 is 1.49. The van der Waals surface area contributed by atoms with Gasteiger partial charge in [-0.2, -0.15) is 0 Å². The molecule has 2 heterocycles. The molecule has 3 rings (SSSR count). The van der Waals surface area contributed by atoms with Crippen molar-refractivity contribution in [3.05, 3.63) is 64.9 Å². The SMILES string of the molecule is CCN(CC)Cc1cccc(CNC(=O)Cc2csc(-c3ccco3)n2)c1. The number of aromatic nitrogens is 1. The molecule has 1 aromatic carbocycles. The summed E-state index contributed by atoms with van der Waals surface area (Å²) in [6, 6.07) is 12.1. The van der Waals surface area contributed by atoms with Crippen LogP contribution in [0.2, 0.25) is 0 Å². The van der Waals surface area contributed by atoms with Gasteiger partial charge in [-0.05, 0) is 36.3 Å². The minimum atomic E-state index is -0.0274. The van der Waals surface area contributed by atoms with E-state index in [4.69, 9.17) is 4.42 Å². The molecule has 0 saturated heterocycles. The summed E-state index contributed by atoms with van der Waals surface area (Å²) in [6.45, 7) is 7.87. The molecular formula is C21H25N3O2S. The van der Waals surface area contributed by atoms with Crippen molar-refractivity contribution in [2.75, 3.05) is 13.1 Å². The van der Waals surface area contributed by atoms with Crippen molar-refractivity contribution >= 4 is 17.2 Å². The first-order chi connectivity index (χ1) is 13.2. The minimum absolute atomic E-state index is 0.0274. The van der Waals surface area contributed by atoms with E-state index in [2.05, 4.69) is 47.2 Å². The molecule has 1 N–H and O–H groups in total. The average Bonchev–Trinajstić information content (AvgIpc) is 3.36. The van der Waals surface area contributed by atoms with Crippen molar-refractivity contribution in [2.45, 2.75) is 33.4 Å². The molecule has 6 heteroatoms. The summed E-state index contributed by atoms with van der Waals surface area (Å²) in [7, 11) is 0. The summed E-state index contributed by atoms with van der Waals surface area (Å²) in [6.07, 6.45) is 1.90. The van der Waals surface area contributed by atoms with E-state index in [1.807, 2.05) is 23.6 Å².